The Labute approximate surface area is 159 Å². The number of hydrogen-bond acceptors (Lipinski definition) is 2. The molecule has 0 spiro atoms. The van der Waals surface area contributed by atoms with Crippen molar-refractivity contribution >= 4 is 16.8 Å². The van der Waals surface area contributed by atoms with Crippen LogP contribution in [0.5, 0.6) is 0 Å². The van der Waals surface area contributed by atoms with E-state index in [1.165, 1.54) is 0 Å². The molecule has 1 heterocycles. The molecule has 0 saturated heterocycles. The van der Waals surface area contributed by atoms with Gasteiger partial charge in [-0.25, -0.2) is 0 Å². The number of benzene rings is 2. The predicted molar refractivity (Wildman–Crippen MR) is 110 cm³/mol. The number of rotatable bonds is 3. The van der Waals surface area contributed by atoms with Crippen LogP contribution in [0.2, 0.25) is 0 Å². The molecular formula is C23H26N2O2. The molecule has 0 unspecified atom stereocenters. The number of hydrogen-bond donors (Lipinski definition) is 1. The van der Waals surface area contributed by atoms with Crippen molar-refractivity contribution in [3.63, 3.8) is 0 Å². The molecule has 0 aliphatic rings. The number of carbonyl (C=O) groups excluding carboxylic acids is 1. The van der Waals surface area contributed by atoms with Crippen molar-refractivity contribution < 1.29 is 4.79 Å². The molecule has 1 aromatic heterocycles. The molecule has 0 aliphatic carbocycles. The standard InChI is InChI=1S/C23H26N2O2/c1-15-7-6-8-18(11-15)22(27)25(23(3,4)5)14-19-13-17-10-9-16(2)12-20(17)24-21(19)26/h6-13H,14H2,1-5H3,(H,24,26). The van der Waals surface area contributed by atoms with E-state index in [2.05, 4.69) is 4.98 Å². The van der Waals surface area contributed by atoms with E-state index in [9.17, 15) is 9.59 Å². The van der Waals surface area contributed by atoms with Crippen LogP contribution < -0.4 is 5.56 Å². The van der Waals surface area contributed by atoms with Crippen molar-refractivity contribution in [3.8, 4) is 0 Å². The van der Waals surface area contributed by atoms with Gasteiger partial charge in [0.15, 0.2) is 0 Å². The van der Waals surface area contributed by atoms with Crippen LogP contribution in [-0.2, 0) is 6.54 Å². The summed E-state index contributed by atoms with van der Waals surface area (Å²) in [7, 11) is 0. The van der Waals surface area contributed by atoms with E-state index in [1.54, 1.807) is 4.90 Å². The lowest BCUT2D eigenvalue weighted by Crippen LogP contribution is -2.46. The van der Waals surface area contributed by atoms with E-state index < -0.39 is 5.54 Å². The smallest absolute Gasteiger partial charge is 0.254 e. The molecule has 0 radical (unpaired) electrons. The maximum atomic E-state index is 13.2. The first-order valence-corrected chi connectivity index (χ1v) is 9.16. The minimum absolute atomic E-state index is 0.0744. The number of aryl methyl sites for hydroxylation is 2. The fraction of sp³-hybridized carbons (Fsp3) is 0.304. The predicted octanol–water partition coefficient (Wildman–Crippen LogP) is 4.59. The van der Waals surface area contributed by atoms with Crippen molar-refractivity contribution in [1.29, 1.82) is 0 Å². The number of aromatic nitrogens is 1. The number of nitrogens with one attached hydrogen (secondary N) is 1. The Hall–Kier alpha value is -2.88. The second kappa shape index (κ2) is 7.03. The van der Waals surface area contributed by atoms with Gasteiger partial charge in [0.25, 0.3) is 11.5 Å². The number of nitrogens with zero attached hydrogens (tertiary/aromatic N) is 1. The second-order valence-electron chi connectivity index (χ2n) is 8.15. The van der Waals surface area contributed by atoms with E-state index in [-0.39, 0.29) is 18.0 Å². The van der Waals surface area contributed by atoms with Gasteiger partial charge in [0.1, 0.15) is 0 Å². The maximum absolute atomic E-state index is 13.2. The third-order valence-corrected chi connectivity index (χ3v) is 4.73. The summed E-state index contributed by atoms with van der Waals surface area (Å²) in [5, 5.41) is 0.965. The highest BCUT2D eigenvalue weighted by Gasteiger charge is 2.28. The van der Waals surface area contributed by atoms with Crippen LogP contribution in [-0.4, -0.2) is 21.3 Å². The SMILES string of the molecule is Cc1cccc(C(=O)N(Cc2cc3ccc(C)cc3[nH]c2=O)C(C)(C)C)c1. The first kappa shape index (κ1) is 18.9. The molecule has 0 saturated carbocycles. The minimum Gasteiger partial charge on any atom is -0.329 e. The molecule has 0 fully saturated rings. The maximum Gasteiger partial charge on any atom is 0.254 e. The molecule has 4 nitrogen and oxygen atoms in total. The third-order valence-electron chi connectivity index (χ3n) is 4.73. The summed E-state index contributed by atoms with van der Waals surface area (Å²) in [6, 6.07) is 15.4. The van der Waals surface area contributed by atoms with Crippen LogP contribution >= 0.6 is 0 Å². The highest BCUT2D eigenvalue weighted by atomic mass is 16.2. The summed E-state index contributed by atoms with van der Waals surface area (Å²) in [6.07, 6.45) is 0. The summed E-state index contributed by atoms with van der Waals surface area (Å²) in [4.78, 5) is 30.5. The molecular weight excluding hydrogens is 336 g/mol. The number of aromatic amines is 1. The van der Waals surface area contributed by atoms with Gasteiger partial charge in [-0.15, -0.1) is 0 Å². The van der Waals surface area contributed by atoms with Gasteiger partial charge in [0.2, 0.25) is 0 Å². The van der Waals surface area contributed by atoms with Crippen LogP contribution in [0.3, 0.4) is 0 Å². The van der Waals surface area contributed by atoms with Crippen LogP contribution in [0.4, 0.5) is 0 Å². The highest BCUT2D eigenvalue weighted by Crippen LogP contribution is 2.22. The van der Waals surface area contributed by atoms with Crippen LogP contribution in [0.25, 0.3) is 10.9 Å². The summed E-state index contributed by atoms with van der Waals surface area (Å²) < 4.78 is 0. The van der Waals surface area contributed by atoms with Gasteiger partial charge >= 0.3 is 0 Å². The molecule has 0 atom stereocenters. The first-order valence-electron chi connectivity index (χ1n) is 9.16. The third kappa shape index (κ3) is 4.11. The molecule has 27 heavy (non-hydrogen) atoms. The lowest BCUT2D eigenvalue weighted by molar-refractivity contribution is 0.0558. The van der Waals surface area contributed by atoms with Crippen molar-refractivity contribution in [2.24, 2.45) is 0 Å². The van der Waals surface area contributed by atoms with E-state index in [0.29, 0.717) is 11.1 Å². The van der Waals surface area contributed by atoms with Crippen molar-refractivity contribution in [1.82, 2.24) is 9.88 Å². The average Bonchev–Trinajstić information content (AvgIpc) is 2.58. The Kier molecular flexibility index (Phi) is 4.92. The van der Waals surface area contributed by atoms with E-state index >= 15 is 0 Å². The van der Waals surface area contributed by atoms with Gasteiger partial charge in [-0.2, -0.15) is 0 Å². The van der Waals surface area contributed by atoms with Gasteiger partial charge in [-0.1, -0.05) is 29.8 Å². The Morgan fingerprint density at radius 3 is 2.37 bits per heavy atom. The zero-order valence-corrected chi connectivity index (χ0v) is 16.6. The monoisotopic (exact) mass is 362 g/mol. The fourth-order valence-electron chi connectivity index (χ4n) is 3.20. The number of fused-ring (bicyclic) bond motifs is 1. The van der Waals surface area contributed by atoms with Gasteiger partial charge in [-0.3, -0.25) is 9.59 Å². The van der Waals surface area contributed by atoms with Crippen molar-refractivity contribution in [3.05, 3.63) is 81.1 Å². The molecule has 2 aromatic carbocycles. The van der Waals surface area contributed by atoms with E-state index in [4.69, 9.17) is 0 Å². The van der Waals surface area contributed by atoms with E-state index in [0.717, 1.165) is 22.0 Å². The number of pyridine rings is 1. The molecule has 1 N–H and O–H groups in total. The van der Waals surface area contributed by atoms with Gasteiger partial charge in [-0.05, 0) is 69.8 Å². The Balaban J connectivity index is 2.02. The summed E-state index contributed by atoms with van der Waals surface area (Å²) in [5.74, 6) is -0.0744. The van der Waals surface area contributed by atoms with Crippen molar-refractivity contribution in [2.45, 2.75) is 46.7 Å². The minimum atomic E-state index is -0.421. The molecule has 1 amide bonds. The Morgan fingerprint density at radius 1 is 1.00 bits per heavy atom. The zero-order chi connectivity index (χ0) is 19.8. The Morgan fingerprint density at radius 2 is 1.70 bits per heavy atom. The van der Waals surface area contributed by atoms with Crippen LogP contribution in [0, 0.1) is 13.8 Å². The normalized spacial score (nSPS) is 11.6. The molecule has 3 aromatic rings. The van der Waals surface area contributed by atoms with Crippen LogP contribution in [0.15, 0.2) is 53.3 Å². The summed E-state index contributed by atoms with van der Waals surface area (Å²) in [6.45, 7) is 10.2. The second-order valence-corrected chi connectivity index (χ2v) is 8.15. The fourth-order valence-corrected chi connectivity index (χ4v) is 3.20. The molecule has 0 bridgehead atoms. The first-order chi connectivity index (χ1) is 12.6. The average molecular weight is 362 g/mol. The molecule has 4 heteroatoms. The number of H-pyrrole nitrogens is 1. The zero-order valence-electron chi connectivity index (χ0n) is 16.6. The number of amides is 1. The molecule has 3 rings (SSSR count). The quantitative estimate of drug-likeness (QED) is 0.741. The van der Waals surface area contributed by atoms with Gasteiger partial charge in [0.05, 0.1) is 6.54 Å². The van der Waals surface area contributed by atoms with Gasteiger partial charge in [0, 0.05) is 22.2 Å². The summed E-state index contributed by atoms with van der Waals surface area (Å²) in [5.41, 5.74) is 3.59. The van der Waals surface area contributed by atoms with Gasteiger partial charge < -0.3 is 9.88 Å². The molecule has 140 valence electrons. The Bertz CT molecular complexity index is 1060. The van der Waals surface area contributed by atoms with E-state index in [1.807, 2.05) is 83.1 Å². The highest BCUT2D eigenvalue weighted by molar-refractivity contribution is 5.95. The lowest BCUT2D eigenvalue weighted by Gasteiger charge is -2.36. The summed E-state index contributed by atoms with van der Waals surface area (Å²) >= 11 is 0. The topological polar surface area (TPSA) is 53.2 Å². The lowest BCUT2D eigenvalue weighted by atomic mass is 10.0. The molecule has 0 aliphatic heterocycles. The largest absolute Gasteiger partial charge is 0.329 e. The number of carbonyl (C=O) groups is 1. The van der Waals surface area contributed by atoms with Crippen molar-refractivity contribution in [2.75, 3.05) is 0 Å². The van der Waals surface area contributed by atoms with Crippen LogP contribution in [0.1, 0.15) is 47.8 Å².